The Morgan fingerprint density at radius 2 is 2.11 bits per heavy atom. The van der Waals surface area contributed by atoms with Crippen LogP contribution in [0.4, 0.5) is 0 Å². The Hall–Kier alpha value is -1.19. The van der Waals surface area contributed by atoms with Crippen LogP contribution in [-0.2, 0) is 4.74 Å². The van der Waals surface area contributed by atoms with Gasteiger partial charge in [-0.1, -0.05) is 11.6 Å². The number of aromatic nitrogens is 2. The highest BCUT2D eigenvalue weighted by molar-refractivity contribution is 6.30. The molecule has 1 aromatic heterocycles. The maximum Gasteiger partial charge on any atom is 0.330 e. The lowest BCUT2D eigenvalue weighted by Crippen LogP contribution is -2.38. The van der Waals surface area contributed by atoms with Gasteiger partial charge in [-0.2, -0.15) is 0 Å². The van der Waals surface area contributed by atoms with Crippen molar-refractivity contribution < 1.29 is 20.1 Å². The quantitative estimate of drug-likeness (QED) is 0.479. The highest BCUT2D eigenvalue weighted by Gasteiger charge is 2.45. The van der Waals surface area contributed by atoms with Crippen molar-refractivity contribution in [3.05, 3.63) is 38.3 Å². The molecule has 1 aromatic rings. The lowest BCUT2D eigenvalue weighted by atomic mass is 10.1. The highest BCUT2D eigenvalue weighted by atomic mass is 35.5. The summed E-state index contributed by atoms with van der Waals surface area (Å²) in [6.45, 7) is -0.534. The minimum atomic E-state index is -1.50. The molecule has 0 saturated carbocycles. The van der Waals surface area contributed by atoms with Crippen molar-refractivity contribution in [2.75, 3.05) is 6.61 Å². The van der Waals surface area contributed by atoms with Crippen LogP contribution in [0.2, 0.25) is 5.02 Å². The molecule has 18 heavy (non-hydrogen) atoms. The molecule has 0 amide bonds. The Labute approximate surface area is 105 Å². The van der Waals surface area contributed by atoms with E-state index in [1.807, 2.05) is 4.98 Å². The van der Waals surface area contributed by atoms with Crippen LogP contribution in [0.25, 0.3) is 0 Å². The molecule has 2 heterocycles. The van der Waals surface area contributed by atoms with Gasteiger partial charge in [-0.25, -0.2) is 4.79 Å². The summed E-state index contributed by atoms with van der Waals surface area (Å²) in [5.41, 5.74) is -1.64. The van der Waals surface area contributed by atoms with E-state index < -0.39 is 36.2 Å². The average Bonchev–Trinajstić information content (AvgIpc) is 2.61. The Kier molecular flexibility index (Phi) is 3.55. The fourth-order valence-corrected chi connectivity index (χ4v) is 1.74. The fraction of sp³-hybridized carbons (Fsp3) is 0.444. The standard InChI is InChI=1S/C9H10ClN2O6/c10-3-1-12(9(17)11-7(3)16)8-6(15)5(14)4(2-13)18-8/h1,4-6,13-15H,2H2,(H,11,16,17)/t4-,5-,6-/m1/s1. The van der Waals surface area contributed by atoms with E-state index in [-0.39, 0.29) is 11.3 Å². The molecular weight excluding hydrogens is 268 g/mol. The molecular formula is C9H10ClN2O6. The predicted molar refractivity (Wildman–Crippen MR) is 58.9 cm³/mol. The molecule has 4 N–H and O–H groups in total. The first kappa shape index (κ1) is 13.2. The van der Waals surface area contributed by atoms with Crippen LogP contribution in [0.5, 0.6) is 0 Å². The number of aromatic amines is 1. The SMILES string of the molecule is O=c1[nH]c(=O)n([C]2O[C@H](CO)[C@@H](O)[C@H]2O)cc1Cl. The van der Waals surface area contributed by atoms with Gasteiger partial charge in [0, 0.05) is 6.20 Å². The number of nitrogens with one attached hydrogen (secondary N) is 1. The largest absolute Gasteiger partial charge is 0.394 e. The summed E-state index contributed by atoms with van der Waals surface area (Å²) in [4.78, 5) is 24.5. The van der Waals surface area contributed by atoms with E-state index in [2.05, 4.69) is 0 Å². The van der Waals surface area contributed by atoms with E-state index in [0.29, 0.717) is 0 Å². The molecule has 3 atom stereocenters. The minimum absolute atomic E-state index is 0.278. The maximum absolute atomic E-state index is 11.5. The van der Waals surface area contributed by atoms with Gasteiger partial charge in [0.05, 0.1) is 6.61 Å². The van der Waals surface area contributed by atoms with Crippen molar-refractivity contribution in [1.29, 1.82) is 0 Å². The lowest BCUT2D eigenvalue weighted by Gasteiger charge is -2.15. The monoisotopic (exact) mass is 277 g/mol. The van der Waals surface area contributed by atoms with Crippen LogP contribution in [0.1, 0.15) is 0 Å². The second kappa shape index (κ2) is 4.82. The van der Waals surface area contributed by atoms with Crippen LogP contribution >= 0.6 is 11.6 Å². The van der Waals surface area contributed by atoms with E-state index in [9.17, 15) is 19.8 Å². The molecule has 8 nitrogen and oxygen atoms in total. The zero-order chi connectivity index (χ0) is 13.4. The van der Waals surface area contributed by atoms with E-state index in [0.717, 1.165) is 10.8 Å². The average molecular weight is 278 g/mol. The normalized spacial score (nSPS) is 28.8. The van der Waals surface area contributed by atoms with Gasteiger partial charge in [0.15, 0.2) is 0 Å². The molecule has 0 aromatic carbocycles. The molecule has 1 aliphatic rings. The van der Waals surface area contributed by atoms with Crippen LogP contribution in [0.15, 0.2) is 15.8 Å². The van der Waals surface area contributed by atoms with Gasteiger partial charge >= 0.3 is 5.69 Å². The van der Waals surface area contributed by atoms with Crippen molar-refractivity contribution in [2.24, 2.45) is 0 Å². The van der Waals surface area contributed by atoms with Gasteiger partial charge in [-0.05, 0) is 0 Å². The van der Waals surface area contributed by atoms with Gasteiger partial charge in [0.1, 0.15) is 23.3 Å². The number of nitrogens with zero attached hydrogens (tertiary/aromatic N) is 1. The van der Waals surface area contributed by atoms with Crippen molar-refractivity contribution in [2.45, 2.75) is 18.3 Å². The molecule has 99 valence electrons. The number of aliphatic hydroxyl groups excluding tert-OH is 3. The number of ether oxygens (including phenoxy) is 1. The first-order valence-electron chi connectivity index (χ1n) is 4.98. The summed E-state index contributed by atoms with van der Waals surface area (Å²) < 4.78 is 5.82. The summed E-state index contributed by atoms with van der Waals surface area (Å²) in [5.74, 6) is 0. The molecule has 0 unspecified atom stereocenters. The molecule has 2 rings (SSSR count). The molecule has 1 saturated heterocycles. The van der Waals surface area contributed by atoms with Crippen LogP contribution in [-0.4, -0.2) is 49.8 Å². The predicted octanol–water partition coefficient (Wildman–Crippen LogP) is -2.36. The Morgan fingerprint density at radius 1 is 1.44 bits per heavy atom. The minimum Gasteiger partial charge on any atom is -0.394 e. The second-order valence-electron chi connectivity index (χ2n) is 3.72. The molecule has 0 aliphatic carbocycles. The van der Waals surface area contributed by atoms with Crippen molar-refractivity contribution in [3.63, 3.8) is 0 Å². The number of hydrogen-bond acceptors (Lipinski definition) is 6. The number of hydrogen-bond donors (Lipinski definition) is 4. The van der Waals surface area contributed by atoms with E-state index >= 15 is 0 Å². The molecule has 1 radical (unpaired) electrons. The summed E-state index contributed by atoms with van der Waals surface area (Å²) in [5, 5.41) is 27.8. The fourth-order valence-electron chi connectivity index (χ4n) is 1.60. The first-order valence-corrected chi connectivity index (χ1v) is 5.36. The summed E-state index contributed by atoms with van der Waals surface area (Å²) in [6.07, 6.45) is -3.25. The van der Waals surface area contributed by atoms with Gasteiger partial charge in [-0.3, -0.25) is 14.3 Å². The Morgan fingerprint density at radius 3 is 2.67 bits per heavy atom. The van der Waals surface area contributed by atoms with Crippen molar-refractivity contribution in [1.82, 2.24) is 9.55 Å². The third-order valence-corrected chi connectivity index (χ3v) is 2.81. The number of rotatable bonds is 2. The summed E-state index contributed by atoms with van der Waals surface area (Å²) in [7, 11) is 0. The highest BCUT2D eigenvalue weighted by Crippen LogP contribution is 2.27. The zero-order valence-corrected chi connectivity index (χ0v) is 9.66. The van der Waals surface area contributed by atoms with Crippen LogP contribution in [0.3, 0.4) is 0 Å². The summed E-state index contributed by atoms with van der Waals surface area (Å²) in [6, 6.07) is 0. The molecule has 0 bridgehead atoms. The Balaban J connectivity index is 2.42. The molecule has 1 fully saturated rings. The van der Waals surface area contributed by atoms with E-state index in [1.54, 1.807) is 0 Å². The number of halogens is 1. The van der Waals surface area contributed by atoms with Crippen molar-refractivity contribution in [3.8, 4) is 0 Å². The van der Waals surface area contributed by atoms with Gasteiger partial charge < -0.3 is 20.1 Å². The van der Waals surface area contributed by atoms with Crippen LogP contribution < -0.4 is 11.2 Å². The smallest absolute Gasteiger partial charge is 0.330 e. The van der Waals surface area contributed by atoms with Gasteiger partial charge in [-0.15, -0.1) is 0 Å². The number of H-pyrrole nitrogens is 1. The van der Waals surface area contributed by atoms with Crippen LogP contribution in [0, 0.1) is 6.23 Å². The maximum atomic E-state index is 11.5. The third kappa shape index (κ3) is 2.08. The van der Waals surface area contributed by atoms with Gasteiger partial charge in [0.25, 0.3) is 5.56 Å². The van der Waals surface area contributed by atoms with Crippen molar-refractivity contribution >= 4 is 11.6 Å². The molecule has 0 spiro atoms. The summed E-state index contributed by atoms with van der Waals surface area (Å²) >= 11 is 5.55. The van der Waals surface area contributed by atoms with E-state index in [1.165, 1.54) is 0 Å². The number of aliphatic hydroxyl groups is 3. The van der Waals surface area contributed by atoms with Gasteiger partial charge in [0.2, 0.25) is 6.23 Å². The molecule has 9 heteroatoms. The second-order valence-corrected chi connectivity index (χ2v) is 4.13. The third-order valence-electron chi connectivity index (χ3n) is 2.55. The first-order chi connectivity index (χ1) is 8.45. The van der Waals surface area contributed by atoms with E-state index in [4.69, 9.17) is 21.4 Å². The Bertz CT molecular complexity index is 555. The lowest BCUT2D eigenvalue weighted by molar-refractivity contribution is -0.00686. The molecule has 1 aliphatic heterocycles. The zero-order valence-electron chi connectivity index (χ0n) is 8.91. The topological polar surface area (TPSA) is 125 Å².